The Labute approximate surface area is 246 Å². The summed E-state index contributed by atoms with van der Waals surface area (Å²) in [7, 11) is 0. The third-order valence-corrected chi connectivity index (χ3v) is 6.29. The van der Waals surface area contributed by atoms with Gasteiger partial charge >= 0.3 is 0 Å². The number of aldehydes is 1. The minimum Gasteiger partial charge on any atom is -0.298 e. The van der Waals surface area contributed by atoms with Crippen molar-refractivity contribution in [2.45, 2.75) is 35.1 Å². The zero-order chi connectivity index (χ0) is 27.7. The molecular weight excluding hydrogens is 524 g/mol. The van der Waals surface area contributed by atoms with Crippen LogP contribution >= 0.6 is 0 Å². The normalized spacial score (nSPS) is 10.2. The summed E-state index contributed by atoms with van der Waals surface area (Å²) in [6.07, 6.45) is 1.93. The minimum atomic E-state index is 0. The lowest BCUT2D eigenvalue weighted by atomic mass is 9.96. The first-order chi connectivity index (χ1) is 19.6. The van der Waals surface area contributed by atoms with Gasteiger partial charge in [0.15, 0.2) is 0 Å². The van der Waals surface area contributed by atoms with Gasteiger partial charge < -0.3 is 0 Å². The van der Waals surface area contributed by atoms with Gasteiger partial charge in [-0.3, -0.25) is 4.79 Å². The number of hydrogen-bond donors (Lipinski definition) is 2. The Morgan fingerprint density at radius 1 is 0.619 bits per heavy atom. The van der Waals surface area contributed by atoms with Gasteiger partial charge in [-0.25, -0.2) is 0 Å². The largest absolute Gasteiger partial charge is 0.298 e. The fourth-order valence-electron chi connectivity index (χ4n) is 4.44. The lowest BCUT2D eigenvalue weighted by Crippen LogP contribution is -1.94. The summed E-state index contributed by atoms with van der Waals surface area (Å²) in [5.41, 5.74) is 8.20. The fraction of sp³-hybridized carbons (Fsp3) is 0.182. The van der Waals surface area contributed by atoms with Crippen molar-refractivity contribution >= 4 is 6.29 Å². The number of carbonyl (C=O) groups is 1. The highest BCUT2D eigenvalue weighted by molar-refractivity contribution is 5.83. The third-order valence-electron chi connectivity index (χ3n) is 6.29. The van der Waals surface area contributed by atoms with Crippen LogP contribution in [0.3, 0.4) is 0 Å². The number of benzene rings is 4. The maximum absolute atomic E-state index is 10.7. The van der Waals surface area contributed by atoms with Crippen molar-refractivity contribution in [2.75, 3.05) is 0 Å². The number of hydrogen-bond acceptors (Lipinski definition) is 7. The van der Waals surface area contributed by atoms with E-state index in [4.69, 9.17) is 0 Å². The van der Waals surface area contributed by atoms with Crippen LogP contribution in [0.5, 0.6) is 0 Å². The van der Waals surface area contributed by atoms with E-state index in [0.717, 1.165) is 40.5 Å². The Morgan fingerprint density at radius 2 is 1.05 bits per heavy atom. The quantitative estimate of drug-likeness (QED) is 0.195. The van der Waals surface area contributed by atoms with E-state index in [0.29, 0.717) is 23.1 Å². The molecule has 0 saturated heterocycles. The zero-order valence-electron chi connectivity index (χ0n) is 22.2. The minimum absolute atomic E-state index is 0. The van der Waals surface area contributed by atoms with E-state index in [1.807, 2.05) is 54.6 Å². The topological polar surface area (TPSA) is 126 Å². The van der Waals surface area contributed by atoms with E-state index >= 15 is 0 Å². The molecule has 0 aliphatic heterocycles. The van der Waals surface area contributed by atoms with E-state index < -0.39 is 0 Å². The second-order valence-corrected chi connectivity index (χ2v) is 9.60. The molecule has 2 heterocycles. The monoisotopic (exact) mass is 560 g/mol. The van der Waals surface area contributed by atoms with Crippen LogP contribution in [-0.2, 0) is 6.42 Å². The van der Waals surface area contributed by atoms with Crippen LogP contribution in [0.15, 0.2) is 97.1 Å². The maximum atomic E-state index is 10.7. The molecule has 0 amide bonds. The van der Waals surface area contributed by atoms with Gasteiger partial charge in [-0.1, -0.05) is 126 Å². The van der Waals surface area contributed by atoms with Crippen molar-refractivity contribution in [2.24, 2.45) is 5.92 Å². The number of H-pyrrole nitrogens is 2. The molecule has 214 valence electrons. The van der Waals surface area contributed by atoms with Crippen LogP contribution in [-0.4, -0.2) is 47.5 Å². The Morgan fingerprint density at radius 3 is 1.43 bits per heavy atom. The smallest absolute Gasteiger partial charge is 0.205 e. The van der Waals surface area contributed by atoms with Crippen molar-refractivity contribution in [3.8, 4) is 45.0 Å². The Bertz CT molecular complexity index is 1640. The second-order valence-electron chi connectivity index (χ2n) is 9.60. The molecule has 6 aromatic rings. The van der Waals surface area contributed by atoms with Gasteiger partial charge in [0.2, 0.25) is 11.6 Å². The van der Waals surface area contributed by atoms with Crippen molar-refractivity contribution in [1.82, 2.24) is 41.2 Å². The van der Waals surface area contributed by atoms with E-state index in [-0.39, 0.29) is 14.9 Å². The average Bonchev–Trinajstić information content (AvgIpc) is 3.73. The fourth-order valence-corrected chi connectivity index (χ4v) is 4.44. The Hall–Kier alpha value is -5.31. The average molecular weight is 561 g/mol. The highest BCUT2D eigenvalue weighted by Crippen LogP contribution is 2.31. The molecule has 0 unspecified atom stereocenters. The molecule has 6 rings (SSSR count). The van der Waals surface area contributed by atoms with Gasteiger partial charge in [-0.05, 0) is 50.6 Å². The molecule has 0 fully saturated rings. The van der Waals surface area contributed by atoms with Gasteiger partial charge in [0, 0.05) is 16.7 Å². The zero-order valence-corrected chi connectivity index (χ0v) is 22.2. The standard InChI is InChI=1S/C17H18N4.C14H10N4O.2CH4/c1-12(2)11-13-7-9-14(10-8-13)15-5-3-4-6-16(15)17-18-20-21-19-17;19-9-10-5-7-11(8-6-10)12-3-1-2-4-13(12)14-15-17-18-16-14;;/h3-10,12H,11H2,1-2H3,(H,18,19,20,21);1-9H,(H,15,16,17,18);2*1H4. The molecule has 0 spiro atoms. The summed E-state index contributed by atoms with van der Waals surface area (Å²) in [5, 5.41) is 28.3. The first-order valence-corrected chi connectivity index (χ1v) is 12.9. The van der Waals surface area contributed by atoms with Gasteiger partial charge in [-0.2, -0.15) is 10.4 Å². The molecule has 0 saturated carbocycles. The summed E-state index contributed by atoms with van der Waals surface area (Å²) in [5.74, 6) is 1.84. The highest BCUT2D eigenvalue weighted by Gasteiger charge is 2.11. The van der Waals surface area contributed by atoms with Crippen molar-refractivity contribution in [3.05, 3.63) is 108 Å². The molecule has 4 aromatic carbocycles. The molecule has 0 radical (unpaired) electrons. The molecule has 0 bridgehead atoms. The second kappa shape index (κ2) is 14.9. The van der Waals surface area contributed by atoms with Crippen LogP contribution in [0.1, 0.15) is 44.6 Å². The number of carbonyl (C=O) groups excluding carboxylic acids is 1. The molecule has 9 heteroatoms. The van der Waals surface area contributed by atoms with Gasteiger partial charge in [0.1, 0.15) is 6.29 Å². The predicted octanol–water partition coefficient (Wildman–Crippen LogP) is 7.35. The highest BCUT2D eigenvalue weighted by atomic mass is 16.1. The number of tetrazole rings is 2. The van der Waals surface area contributed by atoms with Crippen molar-refractivity contribution < 1.29 is 4.79 Å². The molecule has 42 heavy (non-hydrogen) atoms. The van der Waals surface area contributed by atoms with Crippen LogP contribution in [0.25, 0.3) is 45.0 Å². The molecule has 0 aliphatic rings. The molecule has 2 aromatic heterocycles. The number of aromatic nitrogens is 8. The van der Waals surface area contributed by atoms with Crippen LogP contribution < -0.4 is 0 Å². The maximum Gasteiger partial charge on any atom is 0.205 e. The summed E-state index contributed by atoms with van der Waals surface area (Å²) < 4.78 is 0. The van der Waals surface area contributed by atoms with Crippen molar-refractivity contribution in [1.29, 1.82) is 0 Å². The Kier molecular flexibility index (Phi) is 11.1. The summed E-state index contributed by atoms with van der Waals surface area (Å²) in [6.45, 7) is 4.47. The van der Waals surface area contributed by atoms with Crippen molar-refractivity contribution in [3.63, 3.8) is 0 Å². The van der Waals surface area contributed by atoms with Gasteiger partial charge in [0.25, 0.3) is 0 Å². The molecular formula is C33H36N8O. The van der Waals surface area contributed by atoms with Gasteiger partial charge in [0.05, 0.1) is 0 Å². The molecule has 0 aliphatic carbocycles. The SMILES string of the molecule is C.C.CC(C)Cc1ccc(-c2ccccc2-c2nn[nH]n2)cc1.O=Cc1ccc(-c2ccccc2-c2nn[nH]n2)cc1. The summed E-state index contributed by atoms with van der Waals surface area (Å²) in [6, 6.07) is 32.0. The van der Waals surface area contributed by atoms with E-state index in [9.17, 15) is 4.79 Å². The first kappa shape index (κ1) is 31.2. The predicted molar refractivity (Wildman–Crippen MR) is 167 cm³/mol. The molecule has 2 N–H and O–H groups in total. The van der Waals surface area contributed by atoms with Crippen LogP contribution in [0.4, 0.5) is 0 Å². The summed E-state index contributed by atoms with van der Waals surface area (Å²) >= 11 is 0. The number of nitrogens with zero attached hydrogens (tertiary/aromatic N) is 6. The van der Waals surface area contributed by atoms with E-state index in [1.54, 1.807) is 12.1 Å². The molecule has 0 atom stereocenters. The lowest BCUT2D eigenvalue weighted by molar-refractivity contribution is 0.112. The number of aromatic amines is 2. The first-order valence-electron chi connectivity index (χ1n) is 12.9. The van der Waals surface area contributed by atoms with E-state index in [2.05, 4.69) is 85.4 Å². The van der Waals surface area contributed by atoms with Gasteiger partial charge in [-0.15, -0.1) is 20.4 Å². The van der Waals surface area contributed by atoms with Crippen LogP contribution in [0.2, 0.25) is 0 Å². The Balaban J connectivity index is 0.000000221. The number of nitrogens with one attached hydrogen (secondary N) is 2. The molecule has 9 nitrogen and oxygen atoms in total. The number of rotatable bonds is 7. The third kappa shape index (κ3) is 7.45. The van der Waals surface area contributed by atoms with E-state index in [1.165, 1.54) is 11.1 Å². The summed E-state index contributed by atoms with van der Waals surface area (Å²) in [4.78, 5) is 10.7. The lowest BCUT2D eigenvalue weighted by Gasteiger charge is -2.09. The van der Waals surface area contributed by atoms with Crippen LogP contribution in [0, 0.1) is 5.92 Å².